The average molecular weight is 362 g/mol. The lowest BCUT2D eigenvalue weighted by atomic mass is 9.86. The summed E-state index contributed by atoms with van der Waals surface area (Å²) in [6.07, 6.45) is 4.19. The topological polar surface area (TPSA) is 83.1 Å². The summed E-state index contributed by atoms with van der Waals surface area (Å²) < 4.78 is 32.0. The van der Waals surface area contributed by atoms with Gasteiger partial charge in [0.05, 0.1) is 21.8 Å². The Kier molecular flexibility index (Phi) is 3.10. The molecule has 0 saturated heterocycles. The van der Waals surface area contributed by atoms with Gasteiger partial charge >= 0.3 is 0 Å². The lowest BCUT2D eigenvalue weighted by molar-refractivity contribution is 0.483. The number of fused-ring (bicyclic) bond motifs is 1. The van der Waals surface area contributed by atoms with E-state index in [1.807, 2.05) is 12.1 Å². The third-order valence-electron chi connectivity index (χ3n) is 4.84. The molecule has 0 aliphatic heterocycles. The number of imidazole rings is 1. The van der Waals surface area contributed by atoms with E-state index in [1.54, 1.807) is 6.07 Å². The molecule has 0 fully saturated rings. The van der Waals surface area contributed by atoms with Crippen LogP contribution in [0.5, 0.6) is 0 Å². The van der Waals surface area contributed by atoms with Crippen LogP contribution in [0.3, 0.4) is 0 Å². The predicted molar refractivity (Wildman–Crippen MR) is 101 cm³/mol. The van der Waals surface area contributed by atoms with Crippen LogP contribution in [0.2, 0.25) is 0 Å². The van der Waals surface area contributed by atoms with Crippen LogP contribution in [0.4, 0.5) is 0 Å². The molecule has 1 aromatic heterocycles. The van der Waals surface area contributed by atoms with E-state index in [4.69, 9.17) is 0 Å². The van der Waals surface area contributed by atoms with Gasteiger partial charge in [0.25, 0.3) is 10.1 Å². The van der Waals surface area contributed by atoms with Crippen LogP contribution in [0, 0.1) is 0 Å². The zero-order valence-electron chi connectivity index (χ0n) is 13.5. The fraction of sp³-hybridized carbons (Fsp3) is 0.0500. The number of hydrogen-bond donors (Lipinski definition) is 2. The summed E-state index contributed by atoms with van der Waals surface area (Å²) in [6.45, 7) is 0. The van der Waals surface area contributed by atoms with E-state index >= 15 is 0 Å². The maximum absolute atomic E-state index is 11.4. The molecule has 0 radical (unpaired) electrons. The molecule has 4 aromatic rings. The van der Waals surface area contributed by atoms with E-state index in [0.717, 1.165) is 11.4 Å². The fourth-order valence-corrected chi connectivity index (χ4v) is 4.16. The molecular weight excluding hydrogens is 348 g/mol. The first-order valence-corrected chi connectivity index (χ1v) is 9.62. The molecule has 26 heavy (non-hydrogen) atoms. The number of nitrogens with one attached hydrogen (secondary N) is 1. The lowest BCUT2D eigenvalue weighted by Gasteiger charge is -2.19. The Morgan fingerprint density at radius 3 is 2.65 bits per heavy atom. The standard InChI is InChI=1S/C20H14N2O3S/c23-26(24,25)14-8-10-17-18(11-14)22-20(21-17)16-9-7-13-4-1-3-12-5-2-6-15(16)19(12)13/h1-11,16H,(H,21,22)(H,23,24,25). The first-order chi connectivity index (χ1) is 12.5. The number of benzene rings is 3. The van der Waals surface area contributed by atoms with Gasteiger partial charge in [-0.05, 0) is 40.1 Å². The van der Waals surface area contributed by atoms with Crippen molar-refractivity contribution in [2.75, 3.05) is 0 Å². The monoisotopic (exact) mass is 362 g/mol. The summed E-state index contributed by atoms with van der Waals surface area (Å²) in [4.78, 5) is 7.70. The molecule has 5 nitrogen and oxygen atoms in total. The highest BCUT2D eigenvalue weighted by atomic mass is 32.2. The van der Waals surface area contributed by atoms with Crippen LogP contribution < -0.4 is 0 Å². The summed E-state index contributed by atoms with van der Waals surface area (Å²) in [5.41, 5.74) is 3.58. The minimum atomic E-state index is -4.24. The number of hydrogen-bond acceptors (Lipinski definition) is 3. The second-order valence-electron chi connectivity index (χ2n) is 6.41. The van der Waals surface area contributed by atoms with Gasteiger partial charge in [0.1, 0.15) is 5.82 Å². The van der Waals surface area contributed by atoms with Gasteiger partial charge in [-0.15, -0.1) is 0 Å². The third kappa shape index (κ3) is 2.27. The number of nitrogens with zero attached hydrogens (tertiary/aromatic N) is 1. The van der Waals surface area contributed by atoms with Crippen molar-refractivity contribution in [1.82, 2.24) is 9.97 Å². The van der Waals surface area contributed by atoms with Gasteiger partial charge in [0.15, 0.2) is 0 Å². The minimum Gasteiger partial charge on any atom is -0.341 e. The molecule has 128 valence electrons. The Morgan fingerprint density at radius 1 is 1.04 bits per heavy atom. The largest absolute Gasteiger partial charge is 0.341 e. The summed E-state index contributed by atoms with van der Waals surface area (Å²) >= 11 is 0. The van der Waals surface area contributed by atoms with Crippen molar-refractivity contribution in [3.63, 3.8) is 0 Å². The van der Waals surface area contributed by atoms with Crippen LogP contribution in [-0.2, 0) is 10.1 Å². The van der Waals surface area contributed by atoms with E-state index in [1.165, 1.54) is 28.5 Å². The molecule has 1 aliphatic rings. The van der Waals surface area contributed by atoms with Crippen LogP contribution in [0.1, 0.15) is 22.9 Å². The van der Waals surface area contributed by atoms with Gasteiger partial charge in [0.2, 0.25) is 0 Å². The van der Waals surface area contributed by atoms with Gasteiger partial charge in [-0.3, -0.25) is 4.55 Å². The Labute approximate surface area is 149 Å². The van der Waals surface area contributed by atoms with Crippen LogP contribution in [0.15, 0.2) is 65.6 Å². The maximum atomic E-state index is 11.4. The molecular formula is C20H14N2O3S. The van der Waals surface area contributed by atoms with Gasteiger partial charge < -0.3 is 4.98 Å². The summed E-state index contributed by atoms with van der Waals surface area (Å²) in [5, 5.41) is 2.39. The summed E-state index contributed by atoms with van der Waals surface area (Å²) in [5.74, 6) is 0.695. The van der Waals surface area contributed by atoms with Crippen molar-refractivity contribution < 1.29 is 13.0 Å². The van der Waals surface area contributed by atoms with Crippen LogP contribution in [0.25, 0.3) is 27.9 Å². The van der Waals surface area contributed by atoms with E-state index in [0.29, 0.717) is 11.0 Å². The molecule has 0 saturated carbocycles. The first kappa shape index (κ1) is 15.3. The van der Waals surface area contributed by atoms with E-state index < -0.39 is 10.1 Å². The van der Waals surface area contributed by atoms with Crippen LogP contribution in [-0.4, -0.2) is 22.9 Å². The van der Waals surface area contributed by atoms with Gasteiger partial charge in [-0.2, -0.15) is 8.42 Å². The molecule has 1 atom stereocenters. The second-order valence-corrected chi connectivity index (χ2v) is 7.83. The lowest BCUT2D eigenvalue weighted by Crippen LogP contribution is -2.04. The molecule has 5 rings (SSSR count). The fourth-order valence-electron chi connectivity index (χ4n) is 3.66. The minimum absolute atomic E-state index is 0.0461. The Morgan fingerprint density at radius 2 is 1.85 bits per heavy atom. The van der Waals surface area contributed by atoms with E-state index in [2.05, 4.69) is 46.4 Å². The van der Waals surface area contributed by atoms with Crippen molar-refractivity contribution in [1.29, 1.82) is 0 Å². The highest BCUT2D eigenvalue weighted by molar-refractivity contribution is 7.85. The molecule has 2 N–H and O–H groups in total. The second kappa shape index (κ2) is 5.27. The molecule has 0 amide bonds. The van der Waals surface area contributed by atoms with Gasteiger partial charge in [0, 0.05) is 0 Å². The zero-order valence-corrected chi connectivity index (χ0v) is 14.4. The summed E-state index contributed by atoms with van der Waals surface area (Å²) in [7, 11) is -4.24. The highest BCUT2D eigenvalue weighted by Crippen LogP contribution is 2.37. The third-order valence-corrected chi connectivity index (χ3v) is 5.69. The molecule has 0 bridgehead atoms. The quantitative estimate of drug-likeness (QED) is 0.526. The van der Waals surface area contributed by atoms with Crippen molar-refractivity contribution in [2.45, 2.75) is 10.8 Å². The Bertz CT molecular complexity index is 1310. The number of H-pyrrole nitrogens is 1. The van der Waals surface area contributed by atoms with E-state index in [9.17, 15) is 13.0 Å². The summed E-state index contributed by atoms with van der Waals surface area (Å²) in [6, 6.07) is 16.8. The first-order valence-electron chi connectivity index (χ1n) is 8.18. The molecule has 6 heteroatoms. The number of aromatic amines is 1. The smallest absolute Gasteiger partial charge is 0.294 e. The molecule has 1 heterocycles. The molecule has 1 unspecified atom stereocenters. The Hall–Kier alpha value is -2.96. The number of allylic oxidation sites excluding steroid dienone is 1. The van der Waals surface area contributed by atoms with Crippen molar-refractivity contribution >= 4 is 38.0 Å². The van der Waals surface area contributed by atoms with Crippen molar-refractivity contribution in [2.24, 2.45) is 0 Å². The number of aromatic nitrogens is 2. The SMILES string of the molecule is O=S(=O)(O)c1ccc2nc(C3C=Cc4cccc5cccc3c45)[nH]c2c1. The Balaban J connectivity index is 1.69. The van der Waals surface area contributed by atoms with Crippen molar-refractivity contribution in [3.8, 4) is 0 Å². The zero-order chi connectivity index (χ0) is 17.9. The molecule has 1 aliphatic carbocycles. The van der Waals surface area contributed by atoms with Crippen molar-refractivity contribution in [3.05, 3.63) is 77.6 Å². The average Bonchev–Trinajstić information content (AvgIpc) is 3.05. The maximum Gasteiger partial charge on any atom is 0.294 e. The van der Waals surface area contributed by atoms with Crippen LogP contribution >= 0.6 is 0 Å². The predicted octanol–water partition coefficient (Wildman–Crippen LogP) is 4.12. The van der Waals surface area contributed by atoms with Gasteiger partial charge in [-0.25, -0.2) is 4.98 Å². The molecule has 0 spiro atoms. The van der Waals surface area contributed by atoms with E-state index in [-0.39, 0.29) is 10.8 Å². The normalized spacial score (nSPS) is 16.4. The van der Waals surface area contributed by atoms with Gasteiger partial charge in [-0.1, -0.05) is 48.6 Å². The number of rotatable bonds is 2. The molecule has 3 aromatic carbocycles. The highest BCUT2D eigenvalue weighted by Gasteiger charge is 2.22.